The molecule has 1 aliphatic heterocycles. The summed E-state index contributed by atoms with van der Waals surface area (Å²) in [5, 5.41) is 6.26. The topological polar surface area (TPSA) is 41.1 Å². The van der Waals surface area contributed by atoms with Crippen molar-refractivity contribution in [2.75, 3.05) is 19.6 Å². The first-order valence-corrected chi connectivity index (χ1v) is 5.66. The molecule has 0 aliphatic carbocycles. The van der Waals surface area contributed by atoms with Crippen LogP contribution in [0.2, 0.25) is 0 Å². The van der Waals surface area contributed by atoms with Gasteiger partial charge in [-0.1, -0.05) is 13.8 Å². The zero-order chi connectivity index (χ0) is 10.4. The summed E-state index contributed by atoms with van der Waals surface area (Å²) in [6.45, 7) is 7.25. The third-order valence-electron chi connectivity index (χ3n) is 2.65. The molecule has 0 bridgehead atoms. The highest BCUT2D eigenvalue weighted by atomic mass is 16.1. The van der Waals surface area contributed by atoms with Crippen molar-refractivity contribution >= 4 is 5.91 Å². The maximum Gasteiger partial charge on any atom is 0.220 e. The van der Waals surface area contributed by atoms with Gasteiger partial charge in [0.05, 0.1) is 0 Å². The number of rotatable bonds is 5. The summed E-state index contributed by atoms with van der Waals surface area (Å²) in [6, 6.07) is 0. The van der Waals surface area contributed by atoms with E-state index in [0.29, 0.717) is 12.3 Å². The van der Waals surface area contributed by atoms with E-state index in [1.165, 1.54) is 6.42 Å². The van der Waals surface area contributed by atoms with Gasteiger partial charge in [-0.05, 0) is 37.8 Å². The van der Waals surface area contributed by atoms with E-state index in [4.69, 9.17) is 0 Å². The minimum atomic E-state index is 0.214. The molecule has 3 nitrogen and oxygen atoms in total. The van der Waals surface area contributed by atoms with Crippen molar-refractivity contribution < 1.29 is 4.79 Å². The second-order valence-corrected chi connectivity index (χ2v) is 4.60. The molecule has 1 unspecified atom stereocenters. The van der Waals surface area contributed by atoms with E-state index in [1.807, 2.05) is 0 Å². The van der Waals surface area contributed by atoms with Crippen molar-refractivity contribution in [1.82, 2.24) is 10.6 Å². The van der Waals surface area contributed by atoms with E-state index < -0.39 is 0 Å². The molecular formula is C11H22N2O. The number of hydrogen-bond donors (Lipinski definition) is 2. The first kappa shape index (κ1) is 11.5. The number of nitrogens with one attached hydrogen (secondary N) is 2. The third kappa shape index (κ3) is 4.61. The summed E-state index contributed by atoms with van der Waals surface area (Å²) in [7, 11) is 0. The lowest BCUT2D eigenvalue weighted by Crippen LogP contribution is -2.27. The Morgan fingerprint density at radius 1 is 1.57 bits per heavy atom. The van der Waals surface area contributed by atoms with Crippen LogP contribution in [0.3, 0.4) is 0 Å². The summed E-state index contributed by atoms with van der Waals surface area (Å²) in [4.78, 5) is 11.4. The number of carbonyl (C=O) groups is 1. The van der Waals surface area contributed by atoms with Crippen molar-refractivity contribution in [3.8, 4) is 0 Å². The molecule has 0 aromatic carbocycles. The van der Waals surface area contributed by atoms with Gasteiger partial charge >= 0.3 is 0 Å². The van der Waals surface area contributed by atoms with E-state index in [0.717, 1.165) is 32.0 Å². The highest BCUT2D eigenvalue weighted by Crippen LogP contribution is 2.13. The molecule has 0 aromatic rings. The largest absolute Gasteiger partial charge is 0.356 e. The standard InChI is InChI=1S/C11H22N2O/c1-9(2)7-13-11(14)4-3-10-5-6-12-8-10/h9-10,12H,3-8H2,1-2H3,(H,13,14). The molecule has 1 atom stereocenters. The molecule has 0 radical (unpaired) electrons. The van der Waals surface area contributed by atoms with Crippen LogP contribution in [0, 0.1) is 11.8 Å². The monoisotopic (exact) mass is 198 g/mol. The molecule has 0 aromatic heterocycles. The quantitative estimate of drug-likeness (QED) is 0.696. The summed E-state index contributed by atoms with van der Waals surface area (Å²) in [5.74, 6) is 1.48. The SMILES string of the molecule is CC(C)CNC(=O)CCC1CCNC1. The van der Waals surface area contributed by atoms with E-state index in [9.17, 15) is 4.79 Å². The molecule has 1 rings (SSSR count). The van der Waals surface area contributed by atoms with E-state index in [2.05, 4.69) is 24.5 Å². The Balaban J connectivity index is 2.02. The number of hydrogen-bond acceptors (Lipinski definition) is 2. The van der Waals surface area contributed by atoms with Gasteiger partial charge in [-0.25, -0.2) is 0 Å². The van der Waals surface area contributed by atoms with Crippen LogP contribution in [-0.2, 0) is 4.79 Å². The van der Waals surface area contributed by atoms with E-state index in [1.54, 1.807) is 0 Å². The van der Waals surface area contributed by atoms with E-state index >= 15 is 0 Å². The Labute approximate surface area is 86.6 Å². The van der Waals surface area contributed by atoms with Crippen LogP contribution in [0.15, 0.2) is 0 Å². The molecule has 0 spiro atoms. The maximum absolute atomic E-state index is 11.4. The Morgan fingerprint density at radius 3 is 2.93 bits per heavy atom. The number of carbonyl (C=O) groups excluding carboxylic acids is 1. The molecule has 82 valence electrons. The predicted molar refractivity (Wildman–Crippen MR) is 58.1 cm³/mol. The molecule has 1 heterocycles. The van der Waals surface area contributed by atoms with Crippen LogP contribution in [0.5, 0.6) is 0 Å². The minimum Gasteiger partial charge on any atom is -0.356 e. The zero-order valence-electron chi connectivity index (χ0n) is 9.31. The van der Waals surface area contributed by atoms with Gasteiger partial charge < -0.3 is 10.6 Å². The molecule has 1 aliphatic rings. The van der Waals surface area contributed by atoms with Crippen molar-refractivity contribution in [3.63, 3.8) is 0 Å². The molecule has 1 amide bonds. The fourth-order valence-electron chi connectivity index (χ4n) is 1.70. The van der Waals surface area contributed by atoms with Crippen LogP contribution in [-0.4, -0.2) is 25.5 Å². The highest BCUT2D eigenvalue weighted by Gasteiger charge is 2.15. The summed E-state index contributed by atoms with van der Waals surface area (Å²) in [5.41, 5.74) is 0. The van der Waals surface area contributed by atoms with Crippen LogP contribution >= 0.6 is 0 Å². The summed E-state index contributed by atoms with van der Waals surface area (Å²) < 4.78 is 0. The van der Waals surface area contributed by atoms with Gasteiger partial charge in [-0.3, -0.25) is 4.79 Å². The Bertz CT molecular complexity index is 174. The zero-order valence-corrected chi connectivity index (χ0v) is 9.31. The van der Waals surface area contributed by atoms with Crippen molar-refractivity contribution in [3.05, 3.63) is 0 Å². The highest BCUT2D eigenvalue weighted by molar-refractivity contribution is 5.75. The van der Waals surface area contributed by atoms with Crippen molar-refractivity contribution in [2.24, 2.45) is 11.8 Å². The molecule has 1 fully saturated rings. The molecule has 1 saturated heterocycles. The average molecular weight is 198 g/mol. The van der Waals surface area contributed by atoms with Gasteiger partial charge in [0, 0.05) is 13.0 Å². The fourth-order valence-corrected chi connectivity index (χ4v) is 1.70. The lowest BCUT2D eigenvalue weighted by atomic mass is 10.0. The van der Waals surface area contributed by atoms with Crippen molar-refractivity contribution in [1.29, 1.82) is 0 Å². The second-order valence-electron chi connectivity index (χ2n) is 4.60. The smallest absolute Gasteiger partial charge is 0.220 e. The summed E-state index contributed by atoms with van der Waals surface area (Å²) >= 11 is 0. The number of amides is 1. The van der Waals surface area contributed by atoms with Gasteiger partial charge in [0.25, 0.3) is 0 Å². The Morgan fingerprint density at radius 2 is 2.36 bits per heavy atom. The molecule has 3 heteroatoms. The first-order valence-electron chi connectivity index (χ1n) is 5.66. The maximum atomic E-state index is 11.4. The van der Waals surface area contributed by atoms with Gasteiger partial charge in [0.15, 0.2) is 0 Å². The van der Waals surface area contributed by atoms with Crippen LogP contribution in [0.1, 0.15) is 33.1 Å². The predicted octanol–water partition coefficient (Wildman–Crippen LogP) is 1.15. The lowest BCUT2D eigenvalue weighted by molar-refractivity contribution is -0.121. The van der Waals surface area contributed by atoms with Gasteiger partial charge in [0.1, 0.15) is 0 Å². The normalized spacial score (nSPS) is 21.5. The van der Waals surface area contributed by atoms with Gasteiger partial charge in [-0.15, -0.1) is 0 Å². The first-order chi connectivity index (χ1) is 6.68. The Kier molecular flexibility index (Phi) is 4.94. The Hall–Kier alpha value is -0.570. The third-order valence-corrected chi connectivity index (χ3v) is 2.65. The minimum absolute atomic E-state index is 0.214. The van der Waals surface area contributed by atoms with Crippen molar-refractivity contribution in [2.45, 2.75) is 33.1 Å². The van der Waals surface area contributed by atoms with E-state index in [-0.39, 0.29) is 5.91 Å². The van der Waals surface area contributed by atoms with Gasteiger partial charge in [-0.2, -0.15) is 0 Å². The molecule has 0 saturated carbocycles. The summed E-state index contributed by atoms with van der Waals surface area (Å²) in [6.07, 6.45) is 2.97. The molecular weight excluding hydrogens is 176 g/mol. The van der Waals surface area contributed by atoms with Crippen LogP contribution < -0.4 is 10.6 Å². The fraction of sp³-hybridized carbons (Fsp3) is 0.909. The average Bonchev–Trinajstić information content (AvgIpc) is 2.63. The van der Waals surface area contributed by atoms with Crippen LogP contribution in [0.25, 0.3) is 0 Å². The molecule has 2 N–H and O–H groups in total. The van der Waals surface area contributed by atoms with Crippen LogP contribution in [0.4, 0.5) is 0 Å². The van der Waals surface area contributed by atoms with Gasteiger partial charge in [0.2, 0.25) is 5.91 Å². The second kappa shape index (κ2) is 6.02. The molecule has 14 heavy (non-hydrogen) atoms. The lowest BCUT2D eigenvalue weighted by Gasteiger charge is -2.09.